The highest BCUT2D eigenvalue weighted by molar-refractivity contribution is 7.10. The third-order valence-corrected chi connectivity index (χ3v) is 7.91. The topological polar surface area (TPSA) is 96.2 Å². The number of ether oxygens (including phenoxy) is 2. The molecule has 0 saturated heterocycles. The van der Waals surface area contributed by atoms with Gasteiger partial charge >= 0.3 is 0 Å². The monoisotopic (exact) mass is 499 g/mol. The molecule has 0 spiro atoms. The molecule has 2 atom stereocenters. The third kappa shape index (κ3) is 3.93. The molecule has 1 aliphatic heterocycles. The van der Waals surface area contributed by atoms with E-state index in [1.165, 1.54) is 4.88 Å². The Kier molecular flexibility index (Phi) is 5.73. The Morgan fingerprint density at radius 3 is 2.61 bits per heavy atom. The standard InChI is InChI=1S/C28H25N3O4S/c1-34-22-14-17(9-10-21(22)35-15-16-6-3-2-4-7-16)24-25-19(29-27-26(24)28(33)31-30-27)12-18(13-20(25)32)23-8-5-11-36-23/h2-11,14,18,24H,12-13,15H2,1H3,(H3,29,30,31,33). The zero-order valence-corrected chi connectivity index (χ0v) is 20.5. The van der Waals surface area contributed by atoms with Crippen LogP contribution in [-0.2, 0) is 11.4 Å². The quantitative estimate of drug-likeness (QED) is 0.334. The van der Waals surface area contributed by atoms with Crippen LogP contribution in [0.3, 0.4) is 0 Å². The lowest BCUT2D eigenvalue weighted by molar-refractivity contribution is -0.116. The fourth-order valence-electron chi connectivity index (χ4n) is 5.20. The zero-order chi connectivity index (χ0) is 24.6. The number of rotatable bonds is 6. The fraction of sp³-hybridized carbons (Fsp3) is 0.214. The van der Waals surface area contributed by atoms with Gasteiger partial charge in [0.15, 0.2) is 17.3 Å². The van der Waals surface area contributed by atoms with Crippen LogP contribution in [0.4, 0.5) is 5.82 Å². The van der Waals surface area contributed by atoms with Gasteiger partial charge in [0.05, 0.1) is 12.7 Å². The van der Waals surface area contributed by atoms with Crippen LogP contribution in [0.1, 0.15) is 46.2 Å². The lowest BCUT2D eigenvalue weighted by Crippen LogP contribution is -2.31. The predicted molar refractivity (Wildman–Crippen MR) is 139 cm³/mol. The minimum atomic E-state index is -0.500. The fourth-order valence-corrected chi connectivity index (χ4v) is 6.03. The van der Waals surface area contributed by atoms with Crippen LogP contribution in [0.15, 0.2) is 82.1 Å². The number of H-pyrrole nitrogens is 2. The van der Waals surface area contributed by atoms with E-state index in [0.29, 0.717) is 47.9 Å². The van der Waals surface area contributed by atoms with Crippen molar-refractivity contribution in [3.05, 3.63) is 109 Å². The Bertz CT molecular complexity index is 1500. The average Bonchev–Trinajstić information content (AvgIpc) is 3.57. The number of hydrogen-bond donors (Lipinski definition) is 3. The summed E-state index contributed by atoms with van der Waals surface area (Å²) in [6, 6.07) is 19.6. The molecule has 3 N–H and O–H groups in total. The summed E-state index contributed by atoms with van der Waals surface area (Å²) < 4.78 is 11.7. The highest BCUT2D eigenvalue weighted by Crippen LogP contribution is 2.48. The molecule has 3 heterocycles. The summed E-state index contributed by atoms with van der Waals surface area (Å²) >= 11 is 1.67. The molecule has 2 aromatic carbocycles. The Balaban J connectivity index is 1.38. The number of aromatic amines is 2. The first-order chi connectivity index (χ1) is 17.6. The number of benzene rings is 2. The van der Waals surface area contributed by atoms with Gasteiger partial charge in [0, 0.05) is 34.4 Å². The van der Waals surface area contributed by atoms with E-state index in [1.54, 1.807) is 18.4 Å². The summed E-state index contributed by atoms with van der Waals surface area (Å²) in [5.74, 6) is 1.44. The van der Waals surface area contributed by atoms with E-state index < -0.39 is 5.92 Å². The molecule has 2 unspecified atom stereocenters. The van der Waals surface area contributed by atoms with Crippen molar-refractivity contribution in [2.45, 2.75) is 31.3 Å². The van der Waals surface area contributed by atoms with E-state index >= 15 is 0 Å². The second kappa shape index (κ2) is 9.20. The molecule has 1 aliphatic carbocycles. The normalized spacial score (nSPS) is 18.9. The zero-order valence-electron chi connectivity index (χ0n) is 19.7. The van der Waals surface area contributed by atoms with Crippen LogP contribution in [0, 0.1) is 0 Å². The van der Waals surface area contributed by atoms with Gasteiger partial charge in [-0.05, 0) is 41.1 Å². The van der Waals surface area contributed by atoms with E-state index in [-0.39, 0.29) is 17.3 Å². The van der Waals surface area contributed by atoms with Gasteiger partial charge in [-0.1, -0.05) is 42.5 Å². The second-order valence-corrected chi connectivity index (χ2v) is 10.0. The molecular formula is C28H25N3O4S. The van der Waals surface area contributed by atoms with Crippen molar-refractivity contribution in [3.8, 4) is 11.5 Å². The molecular weight excluding hydrogens is 474 g/mol. The van der Waals surface area contributed by atoms with E-state index in [2.05, 4.69) is 21.6 Å². The van der Waals surface area contributed by atoms with Gasteiger partial charge in [-0.2, -0.15) is 0 Å². The number of ketones is 1. The molecule has 2 aromatic heterocycles. The van der Waals surface area contributed by atoms with Crippen molar-refractivity contribution in [3.63, 3.8) is 0 Å². The maximum absolute atomic E-state index is 13.6. The van der Waals surface area contributed by atoms with Gasteiger partial charge in [0.2, 0.25) is 0 Å². The number of carbonyl (C=O) groups excluding carboxylic acids is 1. The number of methoxy groups -OCH3 is 1. The van der Waals surface area contributed by atoms with Gasteiger partial charge in [0.25, 0.3) is 5.56 Å². The second-order valence-electron chi connectivity index (χ2n) is 9.05. The molecule has 0 fully saturated rings. The van der Waals surface area contributed by atoms with Gasteiger partial charge in [-0.25, -0.2) is 0 Å². The van der Waals surface area contributed by atoms with Crippen LogP contribution in [-0.4, -0.2) is 23.1 Å². The number of aromatic nitrogens is 2. The van der Waals surface area contributed by atoms with Crippen molar-refractivity contribution in [2.75, 3.05) is 12.4 Å². The van der Waals surface area contributed by atoms with Gasteiger partial charge < -0.3 is 14.8 Å². The number of Topliss-reactive ketones (excluding diaryl/α,β-unsaturated/α-hetero) is 1. The van der Waals surface area contributed by atoms with Crippen molar-refractivity contribution in [1.82, 2.24) is 10.2 Å². The van der Waals surface area contributed by atoms with E-state index in [0.717, 1.165) is 16.8 Å². The molecule has 36 heavy (non-hydrogen) atoms. The maximum Gasteiger partial charge on any atom is 0.270 e. The van der Waals surface area contributed by atoms with Gasteiger partial charge in [-0.3, -0.25) is 19.8 Å². The first kappa shape index (κ1) is 22.4. The Morgan fingerprint density at radius 1 is 0.972 bits per heavy atom. The minimum Gasteiger partial charge on any atom is -0.493 e. The summed E-state index contributed by atoms with van der Waals surface area (Å²) in [5.41, 5.74) is 3.64. The first-order valence-electron chi connectivity index (χ1n) is 11.8. The summed E-state index contributed by atoms with van der Waals surface area (Å²) in [4.78, 5) is 27.6. The average molecular weight is 500 g/mol. The predicted octanol–water partition coefficient (Wildman–Crippen LogP) is 5.31. The van der Waals surface area contributed by atoms with Crippen LogP contribution >= 0.6 is 11.3 Å². The van der Waals surface area contributed by atoms with E-state index in [4.69, 9.17) is 9.47 Å². The third-order valence-electron chi connectivity index (χ3n) is 6.88. The first-order valence-corrected chi connectivity index (χ1v) is 12.7. The Morgan fingerprint density at radius 2 is 1.83 bits per heavy atom. The van der Waals surface area contributed by atoms with Crippen LogP contribution in [0.2, 0.25) is 0 Å². The summed E-state index contributed by atoms with van der Waals surface area (Å²) in [5, 5.41) is 11.0. The molecule has 0 radical (unpaired) electrons. The Labute approximate surface area is 211 Å². The molecule has 4 aromatic rings. The summed E-state index contributed by atoms with van der Waals surface area (Å²) in [6.07, 6.45) is 1.13. The molecule has 2 aliphatic rings. The lowest BCUT2D eigenvalue weighted by Gasteiger charge is -2.34. The van der Waals surface area contributed by atoms with Crippen LogP contribution < -0.4 is 20.3 Å². The summed E-state index contributed by atoms with van der Waals surface area (Å²) in [6.45, 7) is 0.406. The SMILES string of the molecule is COc1cc(C2C3=C(CC(c4cccs4)CC3=O)Nc3[nH][nH]c(=O)c32)ccc1OCc1ccccc1. The number of thiophene rings is 1. The van der Waals surface area contributed by atoms with Crippen molar-refractivity contribution < 1.29 is 14.3 Å². The molecule has 182 valence electrons. The molecule has 0 bridgehead atoms. The molecule has 0 amide bonds. The van der Waals surface area contributed by atoms with Gasteiger partial charge in [0.1, 0.15) is 12.4 Å². The van der Waals surface area contributed by atoms with Gasteiger partial charge in [-0.15, -0.1) is 11.3 Å². The molecule has 7 nitrogen and oxygen atoms in total. The largest absolute Gasteiger partial charge is 0.493 e. The number of allylic oxidation sites excluding steroid dienone is 2. The highest BCUT2D eigenvalue weighted by Gasteiger charge is 2.40. The van der Waals surface area contributed by atoms with Crippen molar-refractivity contribution in [1.29, 1.82) is 0 Å². The number of carbonyl (C=O) groups is 1. The summed E-state index contributed by atoms with van der Waals surface area (Å²) in [7, 11) is 1.59. The number of anilines is 1. The van der Waals surface area contributed by atoms with Crippen molar-refractivity contribution >= 4 is 22.9 Å². The van der Waals surface area contributed by atoms with E-state index in [9.17, 15) is 9.59 Å². The minimum absolute atomic E-state index is 0.0572. The number of fused-ring (bicyclic) bond motifs is 1. The lowest BCUT2D eigenvalue weighted by atomic mass is 9.74. The number of nitrogens with one attached hydrogen (secondary N) is 3. The number of hydrogen-bond acceptors (Lipinski definition) is 6. The van der Waals surface area contributed by atoms with Crippen molar-refractivity contribution in [2.24, 2.45) is 0 Å². The maximum atomic E-state index is 13.6. The Hall–Kier alpha value is -4.04. The molecule has 6 rings (SSSR count). The molecule has 8 heteroatoms. The van der Waals surface area contributed by atoms with E-state index in [1.807, 2.05) is 60.0 Å². The van der Waals surface area contributed by atoms with Crippen LogP contribution in [0.25, 0.3) is 0 Å². The smallest absolute Gasteiger partial charge is 0.270 e. The highest BCUT2D eigenvalue weighted by atomic mass is 32.1. The van der Waals surface area contributed by atoms with Crippen LogP contribution in [0.5, 0.6) is 11.5 Å². The molecule has 0 saturated carbocycles.